The predicted octanol–water partition coefficient (Wildman–Crippen LogP) is 0.810. The first-order valence-electron chi connectivity index (χ1n) is 5.54. The molecule has 0 aromatic rings. The van der Waals surface area contributed by atoms with E-state index in [-0.39, 0.29) is 5.91 Å². The van der Waals surface area contributed by atoms with Crippen molar-refractivity contribution in [3.05, 3.63) is 0 Å². The minimum absolute atomic E-state index is 0.207. The van der Waals surface area contributed by atoms with Crippen LogP contribution in [0.5, 0.6) is 0 Å². The molecule has 0 saturated carbocycles. The van der Waals surface area contributed by atoms with E-state index in [1.54, 1.807) is 4.90 Å². The van der Waals surface area contributed by atoms with Crippen LogP contribution in [-0.4, -0.2) is 48.9 Å². The van der Waals surface area contributed by atoms with Crippen LogP contribution in [0.25, 0.3) is 0 Å². The zero-order valence-electron chi connectivity index (χ0n) is 9.92. The summed E-state index contributed by atoms with van der Waals surface area (Å²) in [6.07, 6.45) is 1.05. The third kappa shape index (κ3) is 4.35. The lowest BCUT2D eigenvalue weighted by atomic mass is 10.2. The molecule has 0 unspecified atom stereocenters. The van der Waals surface area contributed by atoms with E-state index in [2.05, 4.69) is 30.6 Å². The lowest BCUT2D eigenvalue weighted by molar-refractivity contribution is -0.129. The molecular weight excluding hydrogens is 188 g/mol. The Labute approximate surface area is 92.4 Å². The van der Waals surface area contributed by atoms with Crippen LogP contribution < -0.4 is 0 Å². The molecule has 0 aromatic heterocycles. The van der Waals surface area contributed by atoms with Crippen LogP contribution in [0.1, 0.15) is 20.3 Å². The first kappa shape index (κ1) is 12.1. The zero-order chi connectivity index (χ0) is 11.3. The summed E-state index contributed by atoms with van der Waals surface area (Å²) in [5.74, 6) is 6.87. The van der Waals surface area contributed by atoms with Gasteiger partial charge >= 0.3 is 0 Å². The molecule has 1 amide bonds. The lowest BCUT2D eigenvalue weighted by Gasteiger charge is -2.16. The van der Waals surface area contributed by atoms with E-state index >= 15 is 0 Å². The number of carbonyl (C=O) groups excluding carboxylic acids is 1. The number of rotatable bonds is 1. The van der Waals surface area contributed by atoms with E-state index in [0.29, 0.717) is 12.5 Å². The molecule has 3 nitrogen and oxygen atoms in total. The monoisotopic (exact) mass is 208 g/mol. The topological polar surface area (TPSA) is 23.6 Å². The third-order valence-corrected chi connectivity index (χ3v) is 2.45. The van der Waals surface area contributed by atoms with Gasteiger partial charge in [-0.2, -0.15) is 0 Å². The Bertz CT molecular complexity index is 275. The summed E-state index contributed by atoms with van der Waals surface area (Å²) < 4.78 is 0. The highest BCUT2D eigenvalue weighted by Crippen LogP contribution is 2.01. The van der Waals surface area contributed by atoms with Crippen molar-refractivity contribution in [2.75, 3.05) is 33.2 Å². The van der Waals surface area contributed by atoms with Gasteiger partial charge in [0.2, 0.25) is 5.91 Å². The molecule has 0 atom stereocenters. The molecule has 1 rings (SSSR count). The molecule has 1 fully saturated rings. The van der Waals surface area contributed by atoms with Crippen molar-refractivity contribution in [2.45, 2.75) is 20.3 Å². The van der Waals surface area contributed by atoms with Gasteiger partial charge in [-0.05, 0) is 6.42 Å². The molecule has 1 saturated heterocycles. The second kappa shape index (κ2) is 5.77. The second-order valence-electron chi connectivity index (χ2n) is 4.36. The summed E-state index contributed by atoms with van der Waals surface area (Å²) in [6, 6.07) is 0. The van der Waals surface area contributed by atoms with E-state index in [1.807, 2.05) is 7.05 Å². The predicted molar refractivity (Wildman–Crippen MR) is 61.3 cm³/mol. The Kier molecular flexibility index (Phi) is 4.64. The Morgan fingerprint density at radius 3 is 2.80 bits per heavy atom. The van der Waals surface area contributed by atoms with Gasteiger partial charge < -0.3 is 4.90 Å². The normalized spacial score (nSPS) is 18.7. The Balaban J connectivity index is 2.43. The van der Waals surface area contributed by atoms with E-state index in [9.17, 15) is 4.79 Å². The minimum Gasteiger partial charge on any atom is -0.345 e. The Hall–Kier alpha value is -1.01. The molecule has 1 aliphatic heterocycles. The van der Waals surface area contributed by atoms with E-state index in [1.165, 1.54) is 0 Å². The molecule has 3 heteroatoms. The standard InChI is InChI=1S/C12H20N2O/c1-11(2)6-4-8-14-9-5-7-13(3)12(15)10-14/h11H,5,7-10H2,1-3H3. The van der Waals surface area contributed by atoms with Crippen LogP contribution in [-0.2, 0) is 4.79 Å². The van der Waals surface area contributed by atoms with Crippen molar-refractivity contribution in [1.29, 1.82) is 0 Å². The fourth-order valence-corrected chi connectivity index (χ4v) is 1.54. The minimum atomic E-state index is 0.207. The van der Waals surface area contributed by atoms with Crippen molar-refractivity contribution in [3.8, 4) is 11.8 Å². The van der Waals surface area contributed by atoms with Crippen molar-refractivity contribution >= 4 is 5.91 Å². The van der Waals surface area contributed by atoms with Gasteiger partial charge in [-0.25, -0.2) is 0 Å². The van der Waals surface area contributed by atoms with Crippen molar-refractivity contribution in [1.82, 2.24) is 9.80 Å². The van der Waals surface area contributed by atoms with Crippen molar-refractivity contribution in [2.24, 2.45) is 5.92 Å². The average molecular weight is 208 g/mol. The quantitative estimate of drug-likeness (QED) is 0.595. The molecule has 0 N–H and O–H groups in total. The Morgan fingerprint density at radius 2 is 2.13 bits per heavy atom. The van der Waals surface area contributed by atoms with Gasteiger partial charge in [0.1, 0.15) is 0 Å². The maximum Gasteiger partial charge on any atom is 0.236 e. The highest BCUT2D eigenvalue weighted by molar-refractivity contribution is 5.78. The number of likely N-dealkylation sites (N-methyl/N-ethyl adjacent to an activating group) is 1. The fraction of sp³-hybridized carbons (Fsp3) is 0.750. The van der Waals surface area contributed by atoms with Crippen LogP contribution in [0.3, 0.4) is 0 Å². The second-order valence-corrected chi connectivity index (χ2v) is 4.36. The van der Waals surface area contributed by atoms with Crippen LogP contribution in [0.15, 0.2) is 0 Å². The molecular formula is C12H20N2O. The highest BCUT2D eigenvalue weighted by atomic mass is 16.2. The maximum absolute atomic E-state index is 11.6. The first-order valence-corrected chi connectivity index (χ1v) is 5.54. The molecule has 84 valence electrons. The SMILES string of the molecule is CC(C)C#CCN1CCCN(C)C(=O)C1. The number of carbonyl (C=O) groups is 1. The number of hydrogen-bond donors (Lipinski definition) is 0. The summed E-state index contributed by atoms with van der Waals surface area (Å²) in [7, 11) is 1.87. The van der Waals surface area contributed by atoms with Gasteiger partial charge in [0.15, 0.2) is 0 Å². The highest BCUT2D eigenvalue weighted by Gasteiger charge is 2.17. The van der Waals surface area contributed by atoms with Gasteiger partial charge in [-0.15, -0.1) is 0 Å². The summed E-state index contributed by atoms with van der Waals surface area (Å²) in [4.78, 5) is 15.5. The molecule has 15 heavy (non-hydrogen) atoms. The van der Waals surface area contributed by atoms with Gasteiger partial charge in [-0.1, -0.05) is 25.7 Å². The summed E-state index contributed by atoms with van der Waals surface area (Å²) in [6.45, 7) is 7.24. The molecule has 0 bridgehead atoms. The third-order valence-electron chi connectivity index (χ3n) is 2.45. The zero-order valence-corrected chi connectivity index (χ0v) is 9.92. The fourth-order valence-electron chi connectivity index (χ4n) is 1.54. The molecule has 0 aromatic carbocycles. The molecule has 1 aliphatic rings. The van der Waals surface area contributed by atoms with Crippen LogP contribution in [0.4, 0.5) is 0 Å². The van der Waals surface area contributed by atoms with E-state index in [4.69, 9.17) is 0 Å². The van der Waals surface area contributed by atoms with Gasteiger partial charge in [0.25, 0.3) is 0 Å². The maximum atomic E-state index is 11.6. The Morgan fingerprint density at radius 1 is 1.40 bits per heavy atom. The molecule has 1 heterocycles. The van der Waals surface area contributed by atoms with Crippen molar-refractivity contribution < 1.29 is 4.79 Å². The van der Waals surface area contributed by atoms with Gasteiger partial charge in [0.05, 0.1) is 13.1 Å². The number of nitrogens with zero attached hydrogens (tertiary/aromatic N) is 2. The van der Waals surface area contributed by atoms with Crippen molar-refractivity contribution in [3.63, 3.8) is 0 Å². The average Bonchev–Trinajstić information content (AvgIpc) is 2.29. The van der Waals surface area contributed by atoms with Gasteiger partial charge in [0, 0.05) is 26.1 Å². The summed E-state index contributed by atoms with van der Waals surface area (Å²) >= 11 is 0. The van der Waals surface area contributed by atoms with Crippen LogP contribution in [0, 0.1) is 17.8 Å². The van der Waals surface area contributed by atoms with Crippen LogP contribution >= 0.6 is 0 Å². The lowest BCUT2D eigenvalue weighted by Crippen LogP contribution is -2.34. The molecule has 0 aliphatic carbocycles. The summed E-state index contributed by atoms with van der Waals surface area (Å²) in [5.41, 5.74) is 0. The smallest absolute Gasteiger partial charge is 0.236 e. The summed E-state index contributed by atoms with van der Waals surface area (Å²) in [5, 5.41) is 0. The van der Waals surface area contributed by atoms with E-state index < -0.39 is 0 Å². The number of amides is 1. The van der Waals surface area contributed by atoms with Crippen LogP contribution in [0.2, 0.25) is 0 Å². The largest absolute Gasteiger partial charge is 0.345 e. The van der Waals surface area contributed by atoms with E-state index in [0.717, 1.165) is 26.1 Å². The molecule has 0 spiro atoms. The van der Waals surface area contributed by atoms with Gasteiger partial charge in [-0.3, -0.25) is 9.69 Å². The first-order chi connectivity index (χ1) is 7.09. The molecule has 0 radical (unpaired) electrons. The number of hydrogen-bond acceptors (Lipinski definition) is 2.